The molecule has 2 fully saturated rings. The van der Waals surface area contributed by atoms with E-state index in [1.165, 1.54) is 0 Å². The van der Waals surface area contributed by atoms with Gasteiger partial charge in [-0.05, 0) is 0 Å². The first-order valence-electron chi connectivity index (χ1n) is 6.47. The molecule has 0 saturated carbocycles. The van der Waals surface area contributed by atoms with Crippen molar-refractivity contribution in [2.45, 2.75) is 0 Å². The predicted molar refractivity (Wildman–Crippen MR) is 75.6 cm³/mol. The van der Waals surface area contributed by atoms with E-state index in [-0.39, 0.29) is 18.3 Å². The quantitative estimate of drug-likeness (QED) is 0.811. The van der Waals surface area contributed by atoms with Crippen LogP contribution in [-0.2, 0) is 11.8 Å². The maximum Gasteiger partial charge on any atom is 0.228 e. The third-order valence-electron chi connectivity index (χ3n) is 3.78. The fourth-order valence-electron chi connectivity index (χ4n) is 2.48. The zero-order valence-corrected chi connectivity index (χ0v) is 11.9. The monoisotopic (exact) mass is 285 g/mol. The lowest BCUT2D eigenvalue weighted by atomic mass is 10.0. The molecular formula is C12H20ClN5O. The molecule has 6 nitrogen and oxygen atoms in total. The molecule has 3 heterocycles. The topological polar surface area (TPSA) is 53.4 Å². The Morgan fingerprint density at radius 2 is 2.00 bits per heavy atom. The van der Waals surface area contributed by atoms with Crippen molar-refractivity contribution in [3.63, 3.8) is 0 Å². The van der Waals surface area contributed by atoms with Gasteiger partial charge in [0, 0.05) is 52.5 Å². The number of nitrogens with zero attached hydrogens (tertiary/aromatic N) is 4. The highest BCUT2D eigenvalue weighted by atomic mass is 35.5. The Hall–Kier alpha value is -1.27. The van der Waals surface area contributed by atoms with Gasteiger partial charge in [-0.3, -0.25) is 9.48 Å². The van der Waals surface area contributed by atoms with Gasteiger partial charge in [-0.2, -0.15) is 5.10 Å². The number of amides is 1. The number of nitrogens with one attached hydrogen (secondary N) is 1. The van der Waals surface area contributed by atoms with Crippen molar-refractivity contribution in [2.24, 2.45) is 13.0 Å². The summed E-state index contributed by atoms with van der Waals surface area (Å²) >= 11 is 0. The Morgan fingerprint density at radius 1 is 1.32 bits per heavy atom. The third kappa shape index (κ3) is 2.84. The number of aromatic nitrogens is 2. The molecule has 1 N–H and O–H groups in total. The summed E-state index contributed by atoms with van der Waals surface area (Å²) in [6, 6.07) is 0. The molecule has 1 aromatic heterocycles. The van der Waals surface area contributed by atoms with Crippen LogP contribution in [0.15, 0.2) is 12.4 Å². The van der Waals surface area contributed by atoms with Gasteiger partial charge in [0.1, 0.15) is 0 Å². The highest BCUT2D eigenvalue weighted by Gasteiger charge is 2.31. The molecule has 3 rings (SSSR count). The summed E-state index contributed by atoms with van der Waals surface area (Å²) in [6.45, 7) is 5.15. The second-order valence-corrected chi connectivity index (χ2v) is 5.04. The smallest absolute Gasteiger partial charge is 0.228 e. The Kier molecular flexibility index (Phi) is 4.31. The first-order chi connectivity index (χ1) is 8.74. The lowest BCUT2D eigenvalue weighted by molar-refractivity contribution is -0.137. The van der Waals surface area contributed by atoms with Gasteiger partial charge in [-0.1, -0.05) is 0 Å². The van der Waals surface area contributed by atoms with E-state index in [0.29, 0.717) is 5.91 Å². The van der Waals surface area contributed by atoms with Crippen molar-refractivity contribution in [1.82, 2.24) is 20.0 Å². The second-order valence-electron chi connectivity index (χ2n) is 5.04. The van der Waals surface area contributed by atoms with Crippen LogP contribution in [0, 0.1) is 5.92 Å². The third-order valence-corrected chi connectivity index (χ3v) is 3.78. The van der Waals surface area contributed by atoms with E-state index >= 15 is 0 Å². The van der Waals surface area contributed by atoms with Crippen LogP contribution < -0.4 is 10.2 Å². The summed E-state index contributed by atoms with van der Waals surface area (Å²) in [5, 5.41) is 7.33. The number of piperazine rings is 1. The maximum atomic E-state index is 12.1. The van der Waals surface area contributed by atoms with Crippen molar-refractivity contribution >= 4 is 24.0 Å². The molecular weight excluding hydrogens is 266 g/mol. The van der Waals surface area contributed by atoms with Gasteiger partial charge < -0.3 is 15.1 Å². The van der Waals surface area contributed by atoms with Gasteiger partial charge in [-0.25, -0.2) is 0 Å². The fourth-order valence-corrected chi connectivity index (χ4v) is 2.48. The van der Waals surface area contributed by atoms with Crippen molar-refractivity contribution in [2.75, 3.05) is 44.2 Å². The minimum absolute atomic E-state index is 0. The largest absolute Gasteiger partial charge is 0.365 e. The average Bonchev–Trinajstić information content (AvgIpc) is 2.74. The average molecular weight is 286 g/mol. The van der Waals surface area contributed by atoms with E-state index in [9.17, 15) is 4.79 Å². The maximum absolute atomic E-state index is 12.1. The lowest BCUT2D eigenvalue weighted by Gasteiger charge is -2.38. The number of aryl methyl sites for hydroxylation is 1. The van der Waals surface area contributed by atoms with E-state index < -0.39 is 0 Å². The molecule has 2 saturated heterocycles. The van der Waals surface area contributed by atoms with E-state index in [4.69, 9.17) is 0 Å². The van der Waals surface area contributed by atoms with Crippen molar-refractivity contribution in [3.8, 4) is 0 Å². The summed E-state index contributed by atoms with van der Waals surface area (Å²) in [7, 11) is 1.92. The molecule has 2 aliphatic rings. The van der Waals surface area contributed by atoms with Crippen LogP contribution in [-0.4, -0.2) is 59.9 Å². The lowest BCUT2D eigenvalue weighted by Crippen LogP contribution is -2.56. The van der Waals surface area contributed by atoms with Crippen LogP contribution in [0.1, 0.15) is 0 Å². The van der Waals surface area contributed by atoms with E-state index in [0.717, 1.165) is 45.0 Å². The van der Waals surface area contributed by atoms with Crippen LogP contribution in [0.4, 0.5) is 5.69 Å². The predicted octanol–water partition coefficient (Wildman–Crippen LogP) is -0.290. The molecule has 0 atom stereocenters. The molecule has 0 aliphatic carbocycles. The van der Waals surface area contributed by atoms with Crippen molar-refractivity contribution in [3.05, 3.63) is 12.4 Å². The number of carbonyl (C=O) groups excluding carboxylic acids is 1. The van der Waals surface area contributed by atoms with E-state index in [1.807, 2.05) is 29.0 Å². The van der Waals surface area contributed by atoms with Gasteiger partial charge >= 0.3 is 0 Å². The Balaban J connectivity index is 0.00000133. The zero-order chi connectivity index (χ0) is 12.5. The minimum Gasteiger partial charge on any atom is -0.365 e. The number of rotatable bonds is 2. The summed E-state index contributed by atoms with van der Waals surface area (Å²) in [5.41, 5.74) is 1.15. The summed E-state index contributed by atoms with van der Waals surface area (Å²) in [4.78, 5) is 16.4. The molecule has 0 bridgehead atoms. The molecule has 0 unspecified atom stereocenters. The molecule has 1 aromatic rings. The van der Waals surface area contributed by atoms with Gasteiger partial charge in [0.05, 0.1) is 17.8 Å². The van der Waals surface area contributed by atoms with Crippen LogP contribution in [0.25, 0.3) is 0 Å². The highest BCUT2D eigenvalue weighted by Crippen LogP contribution is 2.16. The number of carbonyl (C=O) groups is 1. The molecule has 19 heavy (non-hydrogen) atoms. The minimum atomic E-state index is 0. The fraction of sp³-hybridized carbons (Fsp3) is 0.667. The summed E-state index contributed by atoms with van der Waals surface area (Å²) in [5.74, 6) is 0.537. The molecule has 7 heteroatoms. The van der Waals surface area contributed by atoms with Gasteiger partial charge in [0.2, 0.25) is 5.91 Å². The number of halogens is 1. The first-order valence-corrected chi connectivity index (χ1v) is 6.47. The molecule has 0 spiro atoms. The van der Waals surface area contributed by atoms with Crippen LogP contribution in [0.3, 0.4) is 0 Å². The molecule has 0 radical (unpaired) electrons. The standard InChI is InChI=1S/C12H19N5O.ClH/c1-15-9-11(8-14-15)16-2-4-17(5-3-16)12(18)10-6-13-7-10;/h8-10,13H,2-7H2,1H3;1H. The highest BCUT2D eigenvalue weighted by molar-refractivity contribution is 5.85. The SMILES string of the molecule is Cl.Cn1cc(N2CCN(C(=O)C3CNC3)CC2)cn1. The molecule has 106 valence electrons. The molecule has 2 aliphatic heterocycles. The summed E-state index contributed by atoms with van der Waals surface area (Å²) in [6.07, 6.45) is 3.90. The van der Waals surface area contributed by atoms with Crippen molar-refractivity contribution in [1.29, 1.82) is 0 Å². The number of anilines is 1. The Labute approximate surface area is 119 Å². The van der Waals surface area contributed by atoms with Gasteiger partial charge in [0.15, 0.2) is 0 Å². The summed E-state index contributed by atoms with van der Waals surface area (Å²) < 4.78 is 1.81. The van der Waals surface area contributed by atoms with Crippen LogP contribution in [0.2, 0.25) is 0 Å². The van der Waals surface area contributed by atoms with Gasteiger partial charge in [0.25, 0.3) is 0 Å². The Bertz CT molecular complexity index is 437. The van der Waals surface area contributed by atoms with E-state index in [1.54, 1.807) is 0 Å². The number of hydrogen-bond donors (Lipinski definition) is 1. The zero-order valence-electron chi connectivity index (χ0n) is 11.1. The normalized spacial score (nSPS) is 19.8. The Morgan fingerprint density at radius 3 is 2.47 bits per heavy atom. The first kappa shape index (κ1) is 14.1. The molecule has 1 amide bonds. The molecule has 0 aromatic carbocycles. The van der Waals surface area contributed by atoms with Crippen LogP contribution in [0.5, 0.6) is 0 Å². The van der Waals surface area contributed by atoms with Crippen LogP contribution >= 0.6 is 12.4 Å². The van der Waals surface area contributed by atoms with Gasteiger partial charge in [-0.15, -0.1) is 12.4 Å². The van der Waals surface area contributed by atoms with Crippen molar-refractivity contribution < 1.29 is 4.79 Å². The second kappa shape index (κ2) is 5.79. The number of hydrogen-bond acceptors (Lipinski definition) is 4. The van der Waals surface area contributed by atoms with E-state index in [2.05, 4.69) is 15.3 Å².